The molecule has 1 aromatic heterocycles. The number of aryl methyl sites for hydroxylation is 2. The molecule has 134 valence electrons. The summed E-state index contributed by atoms with van der Waals surface area (Å²) >= 11 is 0. The second-order valence-corrected chi connectivity index (χ2v) is 6.94. The van der Waals surface area contributed by atoms with Gasteiger partial charge in [0.2, 0.25) is 0 Å². The zero-order valence-electron chi connectivity index (χ0n) is 15.4. The fraction of sp³-hybridized carbons (Fsp3) is 0.500. The van der Waals surface area contributed by atoms with Crippen LogP contribution in [0.25, 0.3) is 0 Å². The summed E-state index contributed by atoms with van der Waals surface area (Å²) < 4.78 is 1.92. The van der Waals surface area contributed by atoms with E-state index in [1.165, 1.54) is 36.9 Å². The number of amides is 1. The minimum atomic E-state index is -0.0291. The Labute approximate surface area is 149 Å². The average molecular weight is 340 g/mol. The summed E-state index contributed by atoms with van der Waals surface area (Å²) in [5, 5.41) is 11.1. The highest BCUT2D eigenvalue weighted by atomic mass is 16.1. The zero-order chi connectivity index (χ0) is 17.8. The molecule has 1 aromatic carbocycles. The first-order chi connectivity index (χ1) is 12.1. The van der Waals surface area contributed by atoms with E-state index >= 15 is 0 Å². The van der Waals surface area contributed by atoms with Crippen LogP contribution in [-0.2, 0) is 13.6 Å². The highest BCUT2D eigenvalue weighted by Crippen LogP contribution is 2.35. The number of carbonyl (C=O) groups excluding carboxylic acids is 1. The van der Waals surface area contributed by atoms with Crippen LogP contribution in [0.15, 0.2) is 24.4 Å². The second-order valence-electron chi connectivity index (χ2n) is 6.94. The van der Waals surface area contributed by atoms with Crippen molar-refractivity contribution in [2.24, 2.45) is 7.05 Å². The molecule has 5 heteroatoms. The number of nitrogens with one attached hydrogen (secondary N) is 2. The van der Waals surface area contributed by atoms with Crippen LogP contribution in [0.4, 0.5) is 5.69 Å². The fourth-order valence-corrected chi connectivity index (χ4v) is 3.64. The molecule has 0 saturated heterocycles. The van der Waals surface area contributed by atoms with Gasteiger partial charge in [-0.25, -0.2) is 0 Å². The summed E-state index contributed by atoms with van der Waals surface area (Å²) in [7, 11) is 1.99. The average Bonchev–Trinajstić information content (AvgIpc) is 3.23. The van der Waals surface area contributed by atoms with Crippen LogP contribution < -0.4 is 10.6 Å². The fourth-order valence-electron chi connectivity index (χ4n) is 3.64. The Morgan fingerprint density at radius 3 is 2.80 bits per heavy atom. The Hall–Kier alpha value is -2.30. The number of benzene rings is 1. The molecule has 1 aliphatic carbocycles. The molecule has 0 spiro atoms. The SMILES string of the molecule is CCNC(=O)c1ccc(C)c(NCc2cn(C)nc2C2CCCC2)c1. The van der Waals surface area contributed by atoms with Gasteiger partial charge in [-0.1, -0.05) is 18.9 Å². The normalized spacial score (nSPS) is 14.7. The molecule has 25 heavy (non-hydrogen) atoms. The van der Waals surface area contributed by atoms with Crippen molar-refractivity contribution in [3.63, 3.8) is 0 Å². The van der Waals surface area contributed by atoms with E-state index in [0.717, 1.165) is 17.8 Å². The first kappa shape index (κ1) is 17.5. The van der Waals surface area contributed by atoms with Crippen molar-refractivity contribution in [2.45, 2.75) is 52.0 Å². The van der Waals surface area contributed by atoms with Gasteiger partial charge >= 0.3 is 0 Å². The Morgan fingerprint density at radius 2 is 2.08 bits per heavy atom. The summed E-state index contributed by atoms with van der Waals surface area (Å²) in [6.45, 7) is 5.36. The van der Waals surface area contributed by atoms with Gasteiger partial charge in [0.25, 0.3) is 5.91 Å². The number of aromatic nitrogens is 2. The van der Waals surface area contributed by atoms with E-state index in [9.17, 15) is 4.79 Å². The molecular formula is C20H28N4O. The first-order valence-corrected chi connectivity index (χ1v) is 9.23. The third kappa shape index (κ3) is 4.03. The van der Waals surface area contributed by atoms with Crippen LogP contribution in [0.2, 0.25) is 0 Å². The number of anilines is 1. The molecule has 1 fully saturated rings. The molecule has 1 heterocycles. The van der Waals surface area contributed by atoms with Crippen LogP contribution in [0.3, 0.4) is 0 Å². The van der Waals surface area contributed by atoms with Crippen LogP contribution in [0, 0.1) is 6.92 Å². The van der Waals surface area contributed by atoms with Crippen LogP contribution >= 0.6 is 0 Å². The van der Waals surface area contributed by atoms with Gasteiger partial charge in [-0.05, 0) is 44.4 Å². The van der Waals surface area contributed by atoms with E-state index in [-0.39, 0.29) is 5.91 Å². The maximum absolute atomic E-state index is 12.1. The van der Waals surface area contributed by atoms with Crippen molar-refractivity contribution < 1.29 is 4.79 Å². The smallest absolute Gasteiger partial charge is 0.251 e. The lowest BCUT2D eigenvalue weighted by atomic mass is 10.0. The topological polar surface area (TPSA) is 59.0 Å². The molecule has 1 aliphatic rings. The summed E-state index contributed by atoms with van der Waals surface area (Å²) in [5.41, 5.74) is 5.34. The van der Waals surface area contributed by atoms with Crippen molar-refractivity contribution in [1.82, 2.24) is 15.1 Å². The standard InChI is InChI=1S/C20H28N4O/c1-4-21-20(25)16-10-9-14(2)18(11-16)22-12-17-13-24(3)23-19(17)15-7-5-6-8-15/h9-11,13,15,22H,4-8,12H2,1-3H3,(H,21,25). The van der Waals surface area contributed by atoms with E-state index < -0.39 is 0 Å². The molecule has 0 atom stereocenters. The van der Waals surface area contributed by atoms with Gasteiger partial charge in [-0.3, -0.25) is 9.48 Å². The largest absolute Gasteiger partial charge is 0.381 e. The summed E-state index contributed by atoms with van der Waals surface area (Å²) in [6, 6.07) is 5.81. The predicted molar refractivity (Wildman–Crippen MR) is 101 cm³/mol. The predicted octanol–water partition coefficient (Wildman–Crippen LogP) is 3.75. The van der Waals surface area contributed by atoms with Gasteiger partial charge in [0, 0.05) is 49.1 Å². The maximum atomic E-state index is 12.1. The second kappa shape index (κ2) is 7.72. The van der Waals surface area contributed by atoms with E-state index in [2.05, 4.69) is 23.8 Å². The Morgan fingerprint density at radius 1 is 1.32 bits per heavy atom. The third-order valence-corrected chi connectivity index (χ3v) is 4.99. The quantitative estimate of drug-likeness (QED) is 0.842. The monoisotopic (exact) mass is 340 g/mol. The Bertz CT molecular complexity index is 744. The van der Waals surface area contributed by atoms with Crippen LogP contribution in [-0.4, -0.2) is 22.2 Å². The lowest BCUT2D eigenvalue weighted by molar-refractivity contribution is 0.0956. The lowest BCUT2D eigenvalue weighted by Gasteiger charge is -2.13. The van der Waals surface area contributed by atoms with Crippen molar-refractivity contribution in [3.05, 3.63) is 46.8 Å². The van der Waals surface area contributed by atoms with E-state index in [4.69, 9.17) is 5.10 Å². The van der Waals surface area contributed by atoms with Crippen molar-refractivity contribution >= 4 is 11.6 Å². The molecule has 0 radical (unpaired) electrons. The maximum Gasteiger partial charge on any atom is 0.251 e. The molecule has 0 bridgehead atoms. The Kier molecular flexibility index (Phi) is 5.41. The van der Waals surface area contributed by atoms with E-state index in [1.807, 2.05) is 36.9 Å². The molecule has 1 amide bonds. The van der Waals surface area contributed by atoms with Gasteiger partial charge in [0.1, 0.15) is 0 Å². The molecule has 1 saturated carbocycles. The van der Waals surface area contributed by atoms with Gasteiger partial charge in [-0.15, -0.1) is 0 Å². The molecule has 0 aliphatic heterocycles. The molecule has 2 aromatic rings. The lowest BCUT2D eigenvalue weighted by Crippen LogP contribution is -2.22. The van der Waals surface area contributed by atoms with Gasteiger partial charge in [0.15, 0.2) is 0 Å². The van der Waals surface area contributed by atoms with Crippen LogP contribution in [0.1, 0.15) is 65.7 Å². The first-order valence-electron chi connectivity index (χ1n) is 9.23. The summed E-state index contributed by atoms with van der Waals surface area (Å²) in [6.07, 6.45) is 7.22. The van der Waals surface area contributed by atoms with E-state index in [0.29, 0.717) is 18.0 Å². The summed E-state index contributed by atoms with van der Waals surface area (Å²) in [4.78, 5) is 12.1. The van der Waals surface area contributed by atoms with E-state index in [1.54, 1.807) is 0 Å². The minimum Gasteiger partial charge on any atom is -0.381 e. The molecule has 5 nitrogen and oxygen atoms in total. The number of hydrogen-bond acceptors (Lipinski definition) is 3. The highest BCUT2D eigenvalue weighted by molar-refractivity contribution is 5.95. The van der Waals surface area contributed by atoms with Gasteiger partial charge in [0.05, 0.1) is 5.69 Å². The third-order valence-electron chi connectivity index (χ3n) is 4.99. The molecule has 3 rings (SSSR count). The van der Waals surface area contributed by atoms with Crippen molar-refractivity contribution in [1.29, 1.82) is 0 Å². The van der Waals surface area contributed by atoms with Crippen molar-refractivity contribution in [3.8, 4) is 0 Å². The van der Waals surface area contributed by atoms with Crippen LogP contribution in [0.5, 0.6) is 0 Å². The highest BCUT2D eigenvalue weighted by Gasteiger charge is 2.22. The number of hydrogen-bond donors (Lipinski definition) is 2. The minimum absolute atomic E-state index is 0.0291. The zero-order valence-corrected chi connectivity index (χ0v) is 15.4. The molecular weight excluding hydrogens is 312 g/mol. The van der Waals surface area contributed by atoms with Gasteiger partial charge < -0.3 is 10.6 Å². The number of rotatable bonds is 6. The number of carbonyl (C=O) groups is 1. The number of nitrogens with zero attached hydrogens (tertiary/aromatic N) is 2. The summed E-state index contributed by atoms with van der Waals surface area (Å²) in [5.74, 6) is 0.569. The van der Waals surface area contributed by atoms with Crippen molar-refractivity contribution in [2.75, 3.05) is 11.9 Å². The Balaban J connectivity index is 1.75. The molecule has 2 N–H and O–H groups in total. The van der Waals surface area contributed by atoms with Gasteiger partial charge in [-0.2, -0.15) is 5.10 Å². The molecule has 0 unspecified atom stereocenters.